The van der Waals surface area contributed by atoms with Crippen LogP contribution in [0.4, 0.5) is 4.39 Å². The molecule has 2 N–H and O–H groups in total. The van der Waals surface area contributed by atoms with Crippen molar-refractivity contribution < 1.29 is 4.39 Å². The van der Waals surface area contributed by atoms with Crippen LogP contribution in [-0.2, 0) is 19.9 Å². The first-order valence-electron chi connectivity index (χ1n) is 6.23. The monoisotopic (exact) mass is 325 g/mol. The minimum atomic E-state index is -0.246. The molecule has 19 heavy (non-hydrogen) atoms. The molecule has 0 bridgehead atoms. The van der Waals surface area contributed by atoms with Gasteiger partial charge in [0.1, 0.15) is 5.82 Å². The van der Waals surface area contributed by atoms with Crippen LogP contribution in [0.3, 0.4) is 0 Å². The van der Waals surface area contributed by atoms with Gasteiger partial charge in [-0.25, -0.2) is 4.39 Å². The maximum absolute atomic E-state index is 13.3. The van der Waals surface area contributed by atoms with Gasteiger partial charge in [0.25, 0.3) is 0 Å². The van der Waals surface area contributed by atoms with Gasteiger partial charge in [-0.3, -0.25) is 4.68 Å². The topological polar surface area (TPSA) is 43.8 Å². The van der Waals surface area contributed by atoms with Crippen LogP contribution in [0.25, 0.3) is 0 Å². The number of nitrogens with two attached hydrogens (primary N) is 1. The molecule has 0 saturated carbocycles. The van der Waals surface area contributed by atoms with E-state index in [1.54, 1.807) is 10.7 Å². The zero-order chi connectivity index (χ0) is 14.0. The van der Waals surface area contributed by atoms with E-state index in [1.807, 2.05) is 13.1 Å². The molecular formula is C14H17BrFN3. The van der Waals surface area contributed by atoms with Crippen molar-refractivity contribution in [1.82, 2.24) is 9.78 Å². The summed E-state index contributed by atoms with van der Waals surface area (Å²) in [6.07, 6.45) is 1.45. The lowest BCUT2D eigenvalue weighted by molar-refractivity contribution is 0.602. The average molecular weight is 326 g/mol. The fourth-order valence-corrected chi connectivity index (χ4v) is 2.51. The van der Waals surface area contributed by atoms with E-state index in [-0.39, 0.29) is 11.9 Å². The van der Waals surface area contributed by atoms with Gasteiger partial charge in [0.05, 0.1) is 17.4 Å². The second-order valence-electron chi connectivity index (χ2n) is 4.58. The first-order chi connectivity index (χ1) is 9.01. The highest BCUT2D eigenvalue weighted by Crippen LogP contribution is 2.23. The maximum atomic E-state index is 13.3. The SMILES string of the molecule is CCc1cc(C(N)Cc2cc(F)ccc2Br)n(C)n1. The van der Waals surface area contributed by atoms with Gasteiger partial charge in [0.15, 0.2) is 0 Å². The zero-order valence-electron chi connectivity index (χ0n) is 11.0. The molecule has 1 atom stereocenters. The van der Waals surface area contributed by atoms with Crippen LogP contribution in [0.2, 0.25) is 0 Å². The average Bonchev–Trinajstić information content (AvgIpc) is 2.75. The molecule has 1 unspecified atom stereocenters. The van der Waals surface area contributed by atoms with Crippen LogP contribution in [0.15, 0.2) is 28.7 Å². The summed E-state index contributed by atoms with van der Waals surface area (Å²) in [5, 5.41) is 4.38. The van der Waals surface area contributed by atoms with E-state index in [2.05, 4.69) is 28.0 Å². The lowest BCUT2D eigenvalue weighted by atomic mass is 10.0. The molecule has 0 aliphatic heterocycles. The third-order valence-electron chi connectivity index (χ3n) is 3.16. The highest BCUT2D eigenvalue weighted by Gasteiger charge is 2.15. The Morgan fingerprint density at radius 1 is 1.42 bits per heavy atom. The van der Waals surface area contributed by atoms with Gasteiger partial charge in [-0.05, 0) is 42.7 Å². The Morgan fingerprint density at radius 2 is 2.16 bits per heavy atom. The Morgan fingerprint density at radius 3 is 2.79 bits per heavy atom. The van der Waals surface area contributed by atoms with Crippen LogP contribution in [0.5, 0.6) is 0 Å². The second kappa shape index (κ2) is 5.84. The second-order valence-corrected chi connectivity index (χ2v) is 5.44. The van der Waals surface area contributed by atoms with Crippen molar-refractivity contribution in [1.29, 1.82) is 0 Å². The highest BCUT2D eigenvalue weighted by molar-refractivity contribution is 9.10. The van der Waals surface area contributed by atoms with Crippen molar-refractivity contribution in [3.63, 3.8) is 0 Å². The Hall–Kier alpha value is -1.20. The first kappa shape index (κ1) is 14.2. The predicted molar refractivity (Wildman–Crippen MR) is 77.3 cm³/mol. The molecule has 3 nitrogen and oxygen atoms in total. The van der Waals surface area contributed by atoms with E-state index in [4.69, 9.17) is 5.73 Å². The normalized spacial score (nSPS) is 12.7. The van der Waals surface area contributed by atoms with Gasteiger partial charge in [-0.1, -0.05) is 22.9 Å². The summed E-state index contributed by atoms with van der Waals surface area (Å²) < 4.78 is 15.9. The van der Waals surface area contributed by atoms with Crippen molar-refractivity contribution in [2.24, 2.45) is 12.8 Å². The maximum Gasteiger partial charge on any atom is 0.123 e. The zero-order valence-corrected chi connectivity index (χ0v) is 12.6. The minimum absolute atomic E-state index is 0.198. The molecule has 0 amide bonds. The summed E-state index contributed by atoms with van der Waals surface area (Å²) in [5.74, 6) is -0.246. The lowest BCUT2D eigenvalue weighted by Crippen LogP contribution is -2.17. The summed E-state index contributed by atoms with van der Waals surface area (Å²) in [6.45, 7) is 2.06. The third-order valence-corrected chi connectivity index (χ3v) is 3.93. The summed E-state index contributed by atoms with van der Waals surface area (Å²) >= 11 is 3.42. The smallest absolute Gasteiger partial charge is 0.123 e. The van der Waals surface area contributed by atoms with Gasteiger partial charge in [0, 0.05) is 11.5 Å². The number of aromatic nitrogens is 2. The number of aryl methyl sites for hydroxylation is 2. The van der Waals surface area contributed by atoms with E-state index in [0.29, 0.717) is 6.42 Å². The van der Waals surface area contributed by atoms with Gasteiger partial charge in [0.2, 0.25) is 0 Å². The fourth-order valence-electron chi connectivity index (χ4n) is 2.10. The number of nitrogens with zero attached hydrogens (tertiary/aromatic N) is 2. The molecule has 1 aromatic carbocycles. The van der Waals surface area contributed by atoms with Crippen molar-refractivity contribution in [3.05, 3.63) is 51.5 Å². The summed E-state index contributed by atoms with van der Waals surface area (Å²) in [5.41, 5.74) is 9.06. The van der Waals surface area contributed by atoms with Gasteiger partial charge in [-0.2, -0.15) is 5.10 Å². The van der Waals surface area contributed by atoms with Crippen LogP contribution in [-0.4, -0.2) is 9.78 Å². The Balaban J connectivity index is 2.22. The van der Waals surface area contributed by atoms with E-state index in [9.17, 15) is 4.39 Å². The molecule has 0 aliphatic carbocycles. The van der Waals surface area contributed by atoms with Gasteiger partial charge in [-0.15, -0.1) is 0 Å². The molecule has 5 heteroatoms. The fraction of sp³-hybridized carbons (Fsp3) is 0.357. The molecule has 2 rings (SSSR count). The molecule has 0 spiro atoms. The predicted octanol–water partition coefficient (Wildman–Crippen LogP) is 3.13. The van der Waals surface area contributed by atoms with Gasteiger partial charge >= 0.3 is 0 Å². The van der Waals surface area contributed by atoms with Crippen LogP contribution >= 0.6 is 15.9 Å². The number of hydrogen-bond donors (Lipinski definition) is 1. The van der Waals surface area contributed by atoms with Crippen LogP contribution < -0.4 is 5.73 Å². The molecule has 0 fully saturated rings. The Labute approximate surface area is 120 Å². The minimum Gasteiger partial charge on any atom is -0.322 e. The van der Waals surface area contributed by atoms with Crippen molar-refractivity contribution >= 4 is 15.9 Å². The first-order valence-corrected chi connectivity index (χ1v) is 7.03. The summed E-state index contributed by atoms with van der Waals surface area (Å²) in [7, 11) is 1.88. The Kier molecular flexibility index (Phi) is 4.37. The van der Waals surface area contributed by atoms with Crippen LogP contribution in [0, 0.1) is 5.82 Å². The Bertz CT molecular complexity index is 580. The van der Waals surface area contributed by atoms with E-state index < -0.39 is 0 Å². The number of hydrogen-bond acceptors (Lipinski definition) is 2. The van der Waals surface area contributed by atoms with Crippen molar-refractivity contribution in [2.45, 2.75) is 25.8 Å². The number of benzene rings is 1. The van der Waals surface area contributed by atoms with E-state index in [1.165, 1.54) is 12.1 Å². The molecule has 102 valence electrons. The lowest BCUT2D eigenvalue weighted by Gasteiger charge is -2.13. The molecule has 0 saturated heterocycles. The van der Waals surface area contributed by atoms with Crippen molar-refractivity contribution in [2.75, 3.05) is 0 Å². The number of halogens is 2. The highest BCUT2D eigenvalue weighted by atomic mass is 79.9. The largest absolute Gasteiger partial charge is 0.322 e. The molecule has 0 aliphatic rings. The summed E-state index contributed by atoms with van der Waals surface area (Å²) in [4.78, 5) is 0. The molecule has 1 heterocycles. The summed E-state index contributed by atoms with van der Waals surface area (Å²) in [6, 6.07) is 6.46. The van der Waals surface area contributed by atoms with E-state index in [0.717, 1.165) is 27.8 Å². The molecular weight excluding hydrogens is 309 g/mol. The van der Waals surface area contributed by atoms with Crippen molar-refractivity contribution in [3.8, 4) is 0 Å². The number of rotatable bonds is 4. The van der Waals surface area contributed by atoms with Crippen LogP contribution in [0.1, 0.15) is 29.9 Å². The molecule has 1 aromatic heterocycles. The molecule has 2 aromatic rings. The molecule has 0 radical (unpaired) electrons. The van der Waals surface area contributed by atoms with Gasteiger partial charge < -0.3 is 5.73 Å². The quantitative estimate of drug-likeness (QED) is 0.938. The van der Waals surface area contributed by atoms with E-state index >= 15 is 0 Å². The third kappa shape index (κ3) is 3.22. The standard InChI is InChI=1S/C14H17BrFN3/c1-3-11-8-14(19(2)18-11)13(17)7-9-6-10(16)4-5-12(9)15/h4-6,8,13H,3,7,17H2,1-2H3.